The molecule has 0 saturated heterocycles. The molecule has 9 heteroatoms. The summed E-state index contributed by atoms with van der Waals surface area (Å²) in [4.78, 5) is 24.2. The molecule has 0 bridgehead atoms. The van der Waals surface area contributed by atoms with Crippen LogP contribution in [0.15, 0.2) is 5.11 Å². The lowest BCUT2D eigenvalue weighted by molar-refractivity contribution is -0.172. The molecule has 16 heavy (non-hydrogen) atoms. The fourth-order valence-corrected chi connectivity index (χ4v) is 0.980. The van der Waals surface area contributed by atoms with Crippen molar-refractivity contribution in [2.75, 3.05) is 6.61 Å². The SMILES string of the molecule is CC(=O)[C@@](O)(C(=O)N=[N+]=[N-])[C@H](O)[C@H](O)CO. The summed E-state index contributed by atoms with van der Waals surface area (Å²) >= 11 is 0. The smallest absolute Gasteiger partial charge is 0.260 e. The van der Waals surface area contributed by atoms with Gasteiger partial charge in [-0.05, 0) is 17.6 Å². The van der Waals surface area contributed by atoms with Gasteiger partial charge in [-0.3, -0.25) is 9.59 Å². The molecule has 0 unspecified atom stereocenters. The van der Waals surface area contributed by atoms with E-state index in [1.807, 2.05) is 0 Å². The molecule has 0 saturated carbocycles. The molecule has 0 rings (SSSR count). The molecule has 4 N–H and O–H groups in total. The summed E-state index contributed by atoms with van der Waals surface area (Å²) in [7, 11) is 0. The minimum Gasteiger partial charge on any atom is -0.394 e. The van der Waals surface area contributed by atoms with E-state index in [4.69, 9.17) is 15.7 Å². The van der Waals surface area contributed by atoms with Crippen LogP contribution < -0.4 is 0 Å². The Bertz CT molecular complexity index is 339. The maximum Gasteiger partial charge on any atom is 0.260 e. The number of nitrogens with zero attached hydrogens (tertiary/aromatic N) is 3. The first-order valence-corrected chi connectivity index (χ1v) is 4.12. The summed E-state index contributed by atoms with van der Waals surface area (Å²) < 4.78 is 0. The monoisotopic (exact) mass is 233 g/mol. The molecule has 9 nitrogen and oxygen atoms in total. The van der Waals surface area contributed by atoms with Crippen LogP contribution in [-0.2, 0) is 9.59 Å². The molecule has 90 valence electrons. The normalized spacial score (nSPS) is 17.8. The quantitative estimate of drug-likeness (QED) is 0.183. The van der Waals surface area contributed by atoms with E-state index >= 15 is 0 Å². The van der Waals surface area contributed by atoms with E-state index in [1.54, 1.807) is 0 Å². The molecule has 0 fully saturated rings. The maximum atomic E-state index is 11.1. The van der Waals surface area contributed by atoms with Crippen molar-refractivity contribution in [2.24, 2.45) is 5.11 Å². The summed E-state index contributed by atoms with van der Waals surface area (Å²) in [5.41, 5.74) is 4.92. The summed E-state index contributed by atoms with van der Waals surface area (Å²) in [6, 6.07) is 0. The highest BCUT2D eigenvalue weighted by atomic mass is 16.4. The van der Waals surface area contributed by atoms with Gasteiger partial charge in [0.05, 0.1) is 6.61 Å². The summed E-state index contributed by atoms with van der Waals surface area (Å²) in [5.74, 6) is -2.87. The number of amides is 1. The van der Waals surface area contributed by atoms with E-state index in [0.29, 0.717) is 0 Å². The highest BCUT2D eigenvalue weighted by molar-refractivity contribution is 6.09. The molecule has 0 heterocycles. The second-order valence-electron chi connectivity index (χ2n) is 3.01. The zero-order chi connectivity index (χ0) is 12.9. The molecule has 0 aromatic carbocycles. The van der Waals surface area contributed by atoms with Gasteiger partial charge < -0.3 is 20.4 Å². The third kappa shape index (κ3) is 2.54. The van der Waals surface area contributed by atoms with Crippen molar-refractivity contribution >= 4 is 11.7 Å². The zero-order valence-corrected chi connectivity index (χ0v) is 8.31. The van der Waals surface area contributed by atoms with Gasteiger partial charge in [0, 0.05) is 4.91 Å². The first kappa shape index (κ1) is 14.5. The van der Waals surface area contributed by atoms with Gasteiger partial charge in [-0.25, -0.2) is 0 Å². The number of Topliss-reactive ketones (excluding diaryl/α,β-unsaturated/α-hetero) is 1. The van der Waals surface area contributed by atoms with Crippen molar-refractivity contribution in [3.8, 4) is 0 Å². The Labute approximate surface area is 89.6 Å². The molecule has 0 aliphatic rings. The third-order valence-corrected chi connectivity index (χ3v) is 1.98. The van der Waals surface area contributed by atoms with Gasteiger partial charge >= 0.3 is 0 Å². The van der Waals surface area contributed by atoms with Gasteiger partial charge in [0.15, 0.2) is 5.78 Å². The number of aliphatic hydroxyl groups is 4. The second kappa shape index (κ2) is 5.54. The van der Waals surface area contributed by atoms with Crippen LogP contribution in [0.5, 0.6) is 0 Å². The van der Waals surface area contributed by atoms with E-state index in [9.17, 15) is 19.8 Å². The molecule has 0 aromatic heterocycles. The number of ketones is 1. The second-order valence-corrected chi connectivity index (χ2v) is 3.01. The van der Waals surface area contributed by atoms with Crippen molar-refractivity contribution in [1.29, 1.82) is 0 Å². The van der Waals surface area contributed by atoms with Crippen LogP contribution in [0.3, 0.4) is 0 Å². The van der Waals surface area contributed by atoms with E-state index in [0.717, 1.165) is 6.92 Å². The topological polar surface area (TPSA) is 164 Å². The molecule has 0 spiro atoms. The lowest BCUT2D eigenvalue weighted by Gasteiger charge is -2.29. The molecule has 0 aliphatic carbocycles. The predicted octanol–water partition coefficient (Wildman–Crippen LogP) is -2.14. The highest BCUT2D eigenvalue weighted by Gasteiger charge is 2.50. The van der Waals surface area contributed by atoms with Gasteiger partial charge in [-0.1, -0.05) is 0 Å². The fourth-order valence-electron chi connectivity index (χ4n) is 0.980. The van der Waals surface area contributed by atoms with Gasteiger partial charge in [0.1, 0.15) is 12.2 Å². The Balaban J connectivity index is 5.34. The predicted molar refractivity (Wildman–Crippen MR) is 48.9 cm³/mol. The number of aliphatic hydroxyl groups excluding tert-OH is 3. The summed E-state index contributed by atoms with van der Waals surface area (Å²) in [6.45, 7) is -0.224. The largest absolute Gasteiger partial charge is 0.394 e. The number of hydrogen-bond acceptors (Lipinski definition) is 6. The maximum absolute atomic E-state index is 11.1. The molecule has 0 aromatic rings. The fraction of sp³-hybridized carbons (Fsp3) is 0.714. The Morgan fingerprint density at radius 1 is 1.50 bits per heavy atom. The minimum atomic E-state index is -3.06. The van der Waals surface area contributed by atoms with E-state index in [2.05, 4.69) is 10.0 Å². The number of carbonyl (C=O) groups excluding carboxylic acids is 2. The van der Waals surface area contributed by atoms with E-state index in [1.165, 1.54) is 0 Å². The van der Waals surface area contributed by atoms with Crippen LogP contribution >= 0.6 is 0 Å². The van der Waals surface area contributed by atoms with Gasteiger partial charge in [-0.15, -0.1) is 0 Å². The Morgan fingerprint density at radius 3 is 2.31 bits per heavy atom. The van der Waals surface area contributed by atoms with Crippen LogP contribution in [0.4, 0.5) is 0 Å². The molecular formula is C7H11N3O6. The van der Waals surface area contributed by atoms with Crippen LogP contribution in [0.2, 0.25) is 0 Å². The van der Waals surface area contributed by atoms with Gasteiger partial charge in [-0.2, -0.15) is 0 Å². The average Bonchev–Trinajstić information content (AvgIpc) is 2.25. The number of rotatable bonds is 5. The Morgan fingerprint density at radius 2 is 2.00 bits per heavy atom. The number of carbonyl (C=O) groups is 2. The van der Waals surface area contributed by atoms with Crippen molar-refractivity contribution in [1.82, 2.24) is 0 Å². The molecule has 0 aliphatic heterocycles. The highest BCUT2D eigenvalue weighted by Crippen LogP contribution is 2.18. The number of azide groups is 1. The standard InChI is InChI=1S/C7H11N3O6/c1-3(12)7(16,6(15)9-10-8)5(14)4(13)2-11/h4-5,11,13-14,16H,2H2,1H3/t4-,5-,7+/m1/s1. The van der Waals surface area contributed by atoms with Crippen LogP contribution in [-0.4, -0.2) is 56.5 Å². The Hall–Kier alpha value is -1.51. The van der Waals surface area contributed by atoms with Crippen LogP contribution in [0, 0.1) is 0 Å². The first-order chi connectivity index (χ1) is 7.32. The van der Waals surface area contributed by atoms with Crippen LogP contribution in [0.1, 0.15) is 6.92 Å². The van der Waals surface area contributed by atoms with Crippen LogP contribution in [0.25, 0.3) is 10.4 Å². The third-order valence-electron chi connectivity index (χ3n) is 1.98. The van der Waals surface area contributed by atoms with Crippen molar-refractivity contribution < 1.29 is 30.0 Å². The Kier molecular flexibility index (Phi) is 5.02. The molecule has 3 atom stereocenters. The lowest BCUT2D eigenvalue weighted by atomic mass is 9.88. The average molecular weight is 233 g/mol. The van der Waals surface area contributed by atoms with Gasteiger partial charge in [0.25, 0.3) is 5.91 Å². The van der Waals surface area contributed by atoms with E-state index < -0.39 is 36.1 Å². The van der Waals surface area contributed by atoms with E-state index in [-0.39, 0.29) is 0 Å². The summed E-state index contributed by atoms with van der Waals surface area (Å²) in [5, 5.41) is 38.9. The number of hydrogen-bond donors (Lipinski definition) is 4. The molecule has 1 amide bonds. The zero-order valence-electron chi connectivity index (χ0n) is 8.31. The molecular weight excluding hydrogens is 222 g/mol. The minimum absolute atomic E-state index is 0.762. The summed E-state index contributed by atoms with van der Waals surface area (Å²) in [6.07, 6.45) is -4.21. The lowest BCUT2D eigenvalue weighted by Crippen LogP contribution is -2.59. The van der Waals surface area contributed by atoms with Crippen molar-refractivity contribution in [3.05, 3.63) is 10.4 Å². The first-order valence-electron chi connectivity index (χ1n) is 4.12. The van der Waals surface area contributed by atoms with Gasteiger partial charge in [0.2, 0.25) is 5.60 Å². The molecule has 0 radical (unpaired) electrons. The van der Waals surface area contributed by atoms with Crippen molar-refractivity contribution in [2.45, 2.75) is 24.7 Å². The van der Waals surface area contributed by atoms with Crippen molar-refractivity contribution in [3.63, 3.8) is 0 Å².